The van der Waals surface area contributed by atoms with E-state index < -0.39 is 5.82 Å². The van der Waals surface area contributed by atoms with E-state index >= 15 is 0 Å². The van der Waals surface area contributed by atoms with Gasteiger partial charge in [0.25, 0.3) is 5.91 Å². The molecule has 0 spiro atoms. The van der Waals surface area contributed by atoms with E-state index in [-0.39, 0.29) is 11.9 Å². The van der Waals surface area contributed by atoms with Crippen molar-refractivity contribution in [2.45, 2.75) is 25.8 Å². The minimum atomic E-state index is -0.452. The number of piperidine rings is 1. The van der Waals surface area contributed by atoms with E-state index in [2.05, 4.69) is 27.2 Å². The fourth-order valence-electron chi connectivity index (χ4n) is 4.43. The maximum absolute atomic E-state index is 14.2. The Morgan fingerprint density at radius 1 is 1.18 bits per heavy atom. The molecule has 2 aromatic heterocycles. The van der Waals surface area contributed by atoms with Crippen LogP contribution in [-0.2, 0) is 0 Å². The van der Waals surface area contributed by atoms with Crippen molar-refractivity contribution in [3.8, 4) is 11.4 Å². The Bertz CT molecular complexity index is 1250. The van der Waals surface area contributed by atoms with Crippen LogP contribution in [0.2, 0.25) is 0 Å². The zero-order chi connectivity index (χ0) is 22.8. The van der Waals surface area contributed by atoms with Crippen molar-refractivity contribution in [1.82, 2.24) is 19.9 Å². The maximum Gasteiger partial charge on any atom is 0.255 e. The second-order valence-corrected chi connectivity index (χ2v) is 9.35. The molecule has 33 heavy (non-hydrogen) atoms. The molecular formula is C25H24FN5OS. The van der Waals surface area contributed by atoms with Crippen LogP contribution in [0.5, 0.6) is 0 Å². The summed E-state index contributed by atoms with van der Waals surface area (Å²) in [6, 6.07) is 13.9. The second-order valence-electron chi connectivity index (χ2n) is 8.32. The Labute approximate surface area is 195 Å². The molecule has 0 aliphatic carbocycles. The highest BCUT2D eigenvalue weighted by Gasteiger charge is 2.33. The van der Waals surface area contributed by atoms with Gasteiger partial charge in [0.05, 0.1) is 21.8 Å². The molecule has 4 aromatic rings. The van der Waals surface area contributed by atoms with Crippen LogP contribution in [-0.4, -0.2) is 44.9 Å². The van der Waals surface area contributed by atoms with Gasteiger partial charge in [0, 0.05) is 31.0 Å². The van der Waals surface area contributed by atoms with Crippen LogP contribution in [0.4, 0.5) is 9.52 Å². The molecule has 6 nitrogen and oxygen atoms in total. The molecule has 2 aromatic carbocycles. The summed E-state index contributed by atoms with van der Waals surface area (Å²) in [5.41, 5.74) is 1.79. The Kier molecular flexibility index (Phi) is 6.00. The van der Waals surface area contributed by atoms with Gasteiger partial charge in [-0.1, -0.05) is 30.4 Å². The first-order chi connectivity index (χ1) is 16.1. The number of nitrogens with one attached hydrogen (secondary N) is 1. The average Bonchev–Trinajstić information content (AvgIpc) is 3.26. The monoisotopic (exact) mass is 461 g/mol. The van der Waals surface area contributed by atoms with Gasteiger partial charge >= 0.3 is 0 Å². The first-order valence-electron chi connectivity index (χ1n) is 11.1. The lowest BCUT2D eigenvalue weighted by Crippen LogP contribution is -2.51. The van der Waals surface area contributed by atoms with Crippen LogP contribution in [0.15, 0.2) is 60.9 Å². The third kappa shape index (κ3) is 4.43. The van der Waals surface area contributed by atoms with Crippen molar-refractivity contribution in [3.05, 3.63) is 72.3 Å². The highest BCUT2D eigenvalue weighted by molar-refractivity contribution is 7.22. The number of carbonyl (C=O) groups is 1. The molecule has 0 radical (unpaired) electrons. The number of thiazole rings is 1. The number of rotatable bonds is 5. The number of aromatic nitrogens is 3. The summed E-state index contributed by atoms with van der Waals surface area (Å²) in [6.45, 7) is 3.37. The largest absolute Gasteiger partial charge is 0.359 e. The fourth-order valence-corrected chi connectivity index (χ4v) is 5.31. The average molecular weight is 462 g/mol. The Hall–Kier alpha value is -3.39. The second kappa shape index (κ2) is 9.23. The van der Waals surface area contributed by atoms with Gasteiger partial charge < -0.3 is 10.2 Å². The number of likely N-dealkylation sites (tertiary alicyclic amines) is 1. The van der Waals surface area contributed by atoms with Crippen LogP contribution in [0.3, 0.4) is 0 Å². The van der Waals surface area contributed by atoms with Gasteiger partial charge in [-0.3, -0.25) is 4.79 Å². The van der Waals surface area contributed by atoms with E-state index in [1.54, 1.807) is 35.9 Å². The summed E-state index contributed by atoms with van der Waals surface area (Å²) in [5, 5.41) is 4.28. The minimum absolute atomic E-state index is 0.0360. The number of para-hydroxylation sites is 1. The molecule has 0 unspecified atom stereocenters. The molecule has 1 aliphatic rings. The normalized spacial score (nSPS) is 18.4. The topological polar surface area (TPSA) is 71.0 Å². The van der Waals surface area contributed by atoms with Gasteiger partial charge in [0.15, 0.2) is 11.0 Å². The smallest absolute Gasteiger partial charge is 0.255 e. The van der Waals surface area contributed by atoms with E-state index in [1.165, 1.54) is 12.1 Å². The molecule has 1 aliphatic heterocycles. The van der Waals surface area contributed by atoms with Crippen molar-refractivity contribution < 1.29 is 9.18 Å². The molecule has 1 N–H and O–H groups in total. The Morgan fingerprint density at radius 2 is 2.00 bits per heavy atom. The zero-order valence-corrected chi connectivity index (χ0v) is 19.1. The lowest BCUT2D eigenvalue weighted by Gasteiger charge is -2.40. The van der Waals surface area contributed by atoms with Gasteiger partial charge in [-0.05, 0) is 55.2 Å². The summed E-state index contributed by atoms with van der Waals surface area (Å²) in [4.78, 5) is 28.8. The molecule has 8 heteroatoms. The maximum atomic E-state index is 14.2. The van der Waals surface area contributed by atoms with Crippen molar-refractivity contribution in [2.75, 3.05) is 18.4 Å². The van der Waals surface area contributed by atoms with Gasteiger partial charge in [-0.2, -0.15) is 0 Å². The standard InChI is InChI=1S/C25H24FN5OS/c1-16-6-4-13-31(21(16)15-29-25-30-20-7-2-3-8-22(20)33-25)24(32)19-14-17(26)9-10-18(19)23-27-11-5-12-28-23/h2-3,5,7-12,14,16,21H,4,6,13,15H2,1H3,(H,29,30)/t16-,21-/m1/s1. The predicted octanol–water partition coefficient (Wildman–Crippen LogP) is 5.25. The van der Waals surface area contributed by atoms with Crippen LogP contribution in [0.25, 0.3) is 21.6 Å². The predicted molar refractivity (Wildman–Crippen MR) is 129 cm³/mol. The van der Waals surface area contributed by atoms with E-state index in [9.17, 15) is 9.18 Å². The van der Waals surface area contributed by atoms with Gasteiger partial charge in [0.1, 0.15) is 5.82 Å². The molecule has 1 amide bonds. The van der Waals surface area contributed by atoms with E-state index in [1.807, 2.05) is 29.2 Å². The molecule has 1 fully saturated rings. The number of hydrogen-bond donors (Lipinski definition) is 1. The molecule has 0 saturated carbocycles. The lowest BCUT2D eigenvalue weighted by molar-refractivity contribution is 0.0540. The fraction of sp³-hybridized carbons (Fsp3) is 0.280. The number of nitrogens with zero attached hydrogens (tertiary/aromatic N) is 4. The molecule has 0 bridgehead atoms. The molecule has 168 valence electrons. The van der Waals surface area contributed by atoms with Crippen LogP contribution >= 0.6 is 11.3 Å². The summed E-state index contributed by atoms with van der Waals surface area (Å²) in [6.07, 6.45) is 5.19. The van der Waals surface area contributed by atoms with E-state index in [4.69, 9.17) is 0 Å². The van der Waals surface area contributed by atoms with Crippen molar-refractivity contribution in [1.29, 1.82) is 0 Å². The summed E-state index contributed by atoms with van der Waals surface area (Å²) >= 11 is 1.60. The zero-order valence-electron chi connectivity index (χ0n) is 18.2. The van der Waals surface area contributed by atoms with Crippen molar-refractivity contribution >= 4 is 32.6 Å². The summed E-state index contributed by atoms with van der Waals surface area (Å²) in [7, 11) is 0. The summed E-state index contributed by atoms with van der Waals surface area (Å²) in [5.74, 6) is 0.0662. The Morgan fingerprint density at radius 3 is 2.82 bits per heavy atom. The molecule has 2 atom stereocenters. The Balaban J connectivity index is 1.42. The molecular weight excluding hydrogens is 437 g/mol. The number of hydrogen-bond acceptors (Lipinski definition) is 6. The number of fused-ring (bicyclic) bond motifs is 1. The van der Waals surface area contributed by atoms with E-state index in [0.717, 1.165) is 28.2 Å². The van der Waals surface area contributed by atoms with Gasteiger partial charge in [-0.25, -0.2) is 19.3 Å². The molecule has 3 heterocycles. The summed E-state index contributed by atoms with van der Waals surface area (Å²) < 4.78 is 15.3. The van der Waals surface area contributed by atoms with Crippen molar-refractivity contribution in [2.24, 2.45) is 5.92 Å². The quantitative estimate of drug-likeness (QED) is 0.440. The lowest BCUT2D eigenvalue weighted by atomic mass is 9.89. The number of benzene rings is 2. The number of anilines is 1. The van der Waals surface area contributed by atoms with E-state index in [0.29, 0.717) is 36.0 Å². The van der Waals surface area contributed by atoms with Gasteiger partial charge in [-0.15, -0.1) is 0 Å². The van der Waals surface area contributed by atoms with Crippen molar-refractivity contribution in [3.63, 3.8) is 0 Å². The van der Waals surface area contributed by atoms with Gasteiger partial charge in [0.2, 0.25) is 0 Å². The molecule has 1 saturated heterocycles. The number of amides is 1. The third-order valence-corrected chi connectivity index (χ3v) is 7.15. The minimum Gasteiger partial charge on any atom is -0.359 e. The number of halogens is 1. The first-order valence-corrected chi connectivity index (χ1v) is 11.9. The van der Waals surface area contributed by atoms with Crippen LogP contribution in [0.1, 0.15) is 30.1 Å². The SMILES string of the molecule is C[C@@H]1CCCN(C(=O)c2cc(F)ccc2-c2ncccn2)[C@@H]1CNc1nc2ccccc2s1. The number of carbonyl (C=O) groups excluding carboxylic acids is 1. The first kappa shape index (κ1) is 21.5. The van der Waals surface area contributed by atoms with Crippen LogP contribution in [0, 0.1) is 11.7 Å². The highest BCUT2D eigenvalue weighted by Crippen LogP contribution is 2.30. The third-order valence-electron chi connectivity index (χ3n) is 6.15. The highest BCUT2D eigenvalue weighted by atomic mass is 32.1. The molecule has 5 rings (SSSR count). The van der Waals surface area contributed by atoms with Crippen LogP contribution < -0.4 is 5.32 Å².